The van der Waals surface area contributed by atoms with Gasteiger partial charge in [0, 0.05) is 22.3 Å². The van der Waals surface area contributed by atoms with Crippen LogP contribution < -0.4 is 5.32 Å². The van der Waals surface area contributed by atoms with Crippen molar-refractivity contribution in [2.24, 2.45) is 0 Å². The number of nitrogens with one attached hydrogen (secondary N) is 1. The van der Waals surface area contributed by atoms with Crippen LogP contribution in [0.25, 0.3) is 21.7 Å². The summed E-state index contributed by atoms with van der Waals surface area (Å²) in [4.78, 5) is 30.5. The lowest BCUT2D eigenvalue weighted by atomic mass is 9.93. The molecule has 2 N–H and O–H groups in total. The number of aliphatic carboxylic acids is 1. The van der Waals surface area contributed by atoms with Crippen molar-refractivity contribution in [1.29, 1.82) is 0 Å². The smallest absolute Gasteiger partial charge is 0.326 e. The molecule has 202 valence electrons. The van der Waals surface area contributed by atoms with Crippen molar-refractivity contribution in [3.63, 3.8) is 0 Å². The third kappa shape index (κ3) is 7.70. The second kappa shape index (κ2) is 13.8. The number of benzene rings is 3. The number of amides is 1. The third-order valence-corrected chi connectivity index (χ3v) is 8.05. The number of thiazole rings is 1. The summed E-state index contributed by atoms with van der Waals surface area (Å²) in [6.07, 6.45) is 4.08. The van der Waals surface area contributed by atoms with Gasteiger partial charge in [-0.05, 0) is 71.9 Å². The first-order chi connectivity index (χ1) is 18.9. The Morgan fingerprint density at radius 3 is 2.56 bits per heavy atom. The third-order valence-electron chi connectivity index (χ3n) is 6.14. The van der Waals surface area contributed by atoms with Crippen LogP contribution in [0.4, 0.5) is 0 Å². The van der Waals surface area contributed by atoms with Crippen molar-refractivity contribution in [2.75, 3.05) is 12.0 Å². The summed E-state index contributed by atoms with van der Waals surface area (Å²) in [6, 6.07) is 20.0. The minimum Gasteiger partial charge on any atom is -0.480 e. The van der Waals surface area contributed by atoms with Crippen molar-refractivity contribution >= 4 is 46.6 Å². The number of halogens is 1. The molecule has 0 radical (unpaired) electrons. The molecule has 39 heavy (non-hydrogen) atoms. The van der Waals surface area contributed by atoms with Crippen molar-refractivity contribution in [2.45, 2.75) is 32.6 Å². The fraction of sp³-hybridized carbons (Fsp3) is 0.233. The van der Waals surface area contributed by atoms with Crippen molar-refractivity contribution < 1.29 is 19.4 Å². The SMILES string of the molecule is CSCC[C@H](NC(=O)c1ccc(COCc2cnc(-c3ccc(Cl)cc3)s2)cc1-c1ccccc1C)C(=O)O. The molecule has 0 aliphatic rings. The van der Waals surface area contributed by atoms with E-state index in [1.807, 2.05) is 80.0 Å². The van der Waals surface area contributed by atoms with E-state index in [2.05, 4.69) is 10.3 Å². The predicted octanol–water partition coefficient (Wildman–Crippen LogP) is 7.09. The van der Waals surface area contributed by atoms with Crippen LogP contribution >= 0.6 is 34.7 Å². The largest absolute Gasteiger partial charge is 0.480 e. The number of carbonyl (C=O) groups excluding carboxylic acids is 1. The van der Waals surface area contributed by atoms with Crippen LogP contribution in [0.3, 0.4) is 0 Å². The molecule has 1 atom stereocenters. The van der Waals surface area contributed by atoms with E-state index in [-0.39, 0.29) is 0 Å². The first kappa shape index (κ1) is 28.8. The van der Waals surface area contributed by atoms with E-state index in [9.17, 15) is 14.7 Å². The van der Waals surface area contributed by atoms with Gasteiger partial charge in [0.15, 0.2) is 0 Å². The number of aryl methyl sites for hydroxylation is 1. The highest BCUT2D eigenvalue weighted by Crippen LogP contribution is 2.30. The Labute approximate surface area is 241 Å². The standard InChI is InChI=1S/C30H29ClN2O4S2/c1-19-5-3-4-6-24(19)26-15-20(7-12-25(26)28(34)33-27(30(35)36)13-14-38-2)17-37-18-23-16-32-29(39-23)21-8-10-22(31)11-9-21/h3-12,15-16,27H,13-14,17-18H2,1-2H3,(H,33,34)(H,35,36)/t27-/m0/s1. The summed E-state index contributed by atoms with van der Waals surface area (Å²) in [5.74, 6) is -0.810. The molecule has 0 spiro atoms. The van der Waals surface area contributed by atoms with Gasteiger partial charge in [-0.15, -0.1) is 11.3 Å². The number of carbonyl (C=O) groups is 2. The fourth-order valence-electron chi connectivity index (χ4n) is 4.08. The van der Waals surface area contributed by atoms with Gasteiger partial charge >= 0.3 is 5.97 Å². The van der Waals surface area contributed by atoms with Crippen LogP contribution in [-0.4, -0.2) is 40.0 Å². The molecule has 1 aromatic heterocycles. The van der Waals surface area contributed by atoms with Crippen LogP contribution in [0.5, 0.6) is 0 Å². The minimum atomic E-state index is -1.04. The number of ether oxygens (including phenoxy) is 1. The molecular formula is C30H29ClN2O4S2. The first-order valence-electron chi connectivity index (χ1n) is 12.4. The molecule has 0 aliphatic heterocycles. The minimum absolute atomic E-state index is 0.348. The number of hydrogen-bond donors (Lipinski definition) is 2. The Bertz CT molecular complexity index is 1440. The Hall–Kier alpha value is -3.17. The number of nitrogens with zero attached hydrogens (tertiary/aromatic N) is 1. The van der Waals surface area contributed by atoms with E-state index >= 15 is 0 Å². The van der Waals surface area contributed by atoms with E-state index in [1.165, 1.54) is 0 Å². The quantitative estimate of drug-likeness (QED) is 0.186. The molecule has 1 heterocycles. The second-order valence-corrected chi connectivity index (χ2v) is 11.5. The maximum Gasteiger partial charge on any atom is 0.326 e. The van der Waals surface area contributed by atoms with Crippen LogP contribution in [0.1, 0.15) is 32.8 Å². The summed E-state index contributed by atoms with van der Waals surface area (Å²) >= 11 is 9.10. The number of thioether (sulfide) groups is 1. The number of carboxylic acids is 1. The number of carboxylic acid groups (broad SMARTS) is 1. The lowest BCUT2D eigenvalue weighted by Crippen LogP contribution is -2.41. The van der Waals surface area contributed by atoms with Gasteiger partial charge in [-0.25, -0.2) is 9.78 Å². The zero-order valence-corrected chi connectivity index (χ0v) is 24.0. The Kier molecular flexibility index (Phi) is 10.2. The van der Waals surface area contributed by atoms with Gasteiger partial charge in [-0.3, -0.25) is 4.79 Å². The molecular weight excluding hydrogens is 552 g/mol. The fourth-order valence-corrected chi connectivity index (χ4v) is 5.53. The maximum atomic E-state index is 13.3. The van der Waals surface area contributed by atoms with Crippen LogP contribution in [0.15, 0.2) is 72.9 Å². The topological polar surface area (TPSA) is 88.5 Å². The summed E-state index contributed by atoms with van der Waals surface area (Å²) < 4.78 is 6.00. The zero-order chi connectivity index (χ0) is 27.8. The molecule has 3 aromatic carbocycles. The average Bonchev–Trinajstić information content (AvgIpc) is 3.40. The van der Waals surface area contributed by atoms with Crippen molar-refractivity contribution in [3.8, 4) is 21.7 Å². The Balaban J connectivity index is 1.50. The Morgan fingerprint density at radius 2 is 1.85 bits per heavy atom. The highest BCUT2D eigenvalue weighted by Gasteiger charge is 2.22. The second-order valence-electron chi connectivity index (χ2n) is 8.97. The number of rotatable bonds is 12. The molecule has 6 nitrogen and oxygen atoms in total. The molecule has 0 saturated carbocycles. The normalized spacial score (nSPS) is 11.8. The van der Waals surface area contributed by atoms with E-state index in [1.54, 1.807) is 29.2 Å². The van der Waals surface area contributed by atoms with Gasteiger partial charge in [-0.1, -0.05) is 54.1 Å². The summed E-state index contributed by atoms with van der Waals surface area (Å²) in [5, 5.41) is 13.9. The first-order valence-corrected chi connectivity index (χ1v) is 14.9. The summed E-state index contributed by atoms with van der Waals surface area (Å²) in [7, 11) is 0. The van der Waals surface area contributed by atoms with Gasteiger partial charge in [0.2, 0.25) is 0 Å². The van der Waals surface area contributed by atoms with Gasteiger partial charge in [0.25, 0.3) is 5.91 Å². The van der Waals surface area contributed by atoms with Gasteiger partial charge in [-0.2, -0.15) is 11.8 Å². The molecule has 0 fully saturated rings. The number of aromatic nitrogens is 1. The van der Waals surface area contributed by atoms with Gasteiger partial charge < -0.3 is 15.2 Å². The molecule has 4 aromatic rings. The molecule has 0 aliphatic carbocycles. The van der Waals surface area contributed by atoms with Crippen molar-refractivity contribution in [1.82, 2.24) is 10.3 Å². The molecule has 0 unspecified atom stereocenters. The van der Waals surface area contributed by atoms with E-state index in [4.69, 9.17) is 16.3 Å². The highest BCUT2D eigenvalue weighted by molar-refractivity contribution is 7.98. The lowest BCUT2D eigenvalue weighted by Gasteiger charge is -2.17. The van der Waals surface area contributed by atoms with Crippen LogP contribution in [0, 0.1) is 6.92 Å². The monoisotopic (exact) mass is 580 g/mol. The van der Waals surface area contributed by atoms with Gasteiger partial charge in [0.05, 0.1) is 18.1 Å². The molecule has 1 amide bonds. The molecule has 0 bridgehead atoms. The average molecular weight is 581 g/mol. The maximum absolute atomic E-state index is 13.3. The molecule has 0 saturated heterocycles. The number of hydrogen-bond acceptors (Lipinski definition) is 6. The molecule has 9 heteroatoms. The van der Waals surface area contributed by atoms with Gasteiger partial charge in [0.1, 0.15) is 11.0 Å². The Morgan fingerprint density at radius 1 is 1.08 bits per heavy atom. The van der Waals surface area contributed by atoms with E-state index in [0.717, 1.165) is 37.7 Å². The lowest BCUT2D eigenvalue weighted by molar-refractivity contribution is -0.139. The summed E-state index contributed by atoms with van der Waals surface area (Å²) in [5.41, 5.74) is 5.01. The summed E-state index contributed by atoms with van der Waals surface area (Å²) in [6.45, 7) is 2.74. The van der Waals surface area contributed by atoms with E-state index < -0.39 is 17.9 Å². The highest BCUT2D eigenvalue weighted by atomic mass is 35.5. The van der Waals surface area contributed by atoms with Crippen LogP contribution in [-0.2, 0) is 22.7 Å². The van der Waals surface area contributed by atoms with Crippen LogP contribution in [0.2, 0.25) is 5.02 Å². The van der Waals surface area contributed by atoms with Crippen molar-refractivity contribution in [3.05, 3.63) is 99.5 Å². The van der Waals surface area contributed by atoms with E-state index in [0.29, 0.717) is 36.0 Å². The zero-order valence-electron chi connectivity index (χ0n) is 21.6. The molecule has 4 rings (SSSR count). The predicted molar refractivity (Wildman–Crippen MR) is 160 cm³/mol.